The van der Waals surface area contributed by atoms with Gasteiger partial charge in [-0.2, -0.15) is 0 Å². The van der Waals surface area contributed by atoms with Gasteiger partial charge in [-0.25, -0.2) is 4.98 Å². The van der Waals surface area contributed by atoms with E-state index in [4.69, 9.17) is 4.98 Å². The molecule has 0 atom stereocenters. The van der Waals surface area contributed by atoms with Crippen LogP contribution in [0.5, 0.6) is 0 Å². The second-order valence-corrected chi connectivity index (χ2v) is 17.5. The highest BCUT2D eigenvalue weighted by atomic mass is 15.1. The lowest BCUT2D eigenvalue weighted by Gasteiger charge is -2.21. The van der Waals surface area contributed by atoms with E-state index < -0.39 is 0 Å². The maximum Gasteiger partial charge on any atom is 0.137 e. The Morgan fingerprint density at radius 3 is 2.00 bits per heavy atom. The quantitative estimate of drug-likeness (QED) is 0.191. The maximum absolute atomic E-state index is 4.98. The number of pyridine rings is 1. The van der Waals surface area contributed by atoms with Gasteiger partial charge in [0.15, 0.2) is 0 Å². The van der Waals surface area contributed by atoms with Gasteiger partial charge in [0.1, 0.15) is 5.82 Å². The Morgan fingerprint density at radius 1 is 0.525 bits per heavy atom. The number of nitrogens with zero attached hydrogens (tertiary/aromatic N) is 4. The van der Waals surface area contributed by atoms with E-state index in [1.807, 2.05) is 6.20 Å². The number of aromatic amines is 1. The van der Waals surface area contributed by atoms with Crippen LogP contribution >= 0.6 is 0 Å². The van der Waals surface area contributed by atoms with Gasteiger partial charge in [-0.05, 0) is 152 Å². The van der Waals surface area contributed by atoms with Crippen molar-refractivity contribution in [1.29, 1.82) is 0 Å². The highest BCUT2D eigenvalue weighted by molar-refractivity contribution is 6.13. The lowest BCUT2D eigenvalue weighted by molar-refractivity contribution is 0.851. The number of hydrogen-bond acceptors (Lipinski definition) is 1. The zero-order chi connectivity index (χ0) is 39.9. The van der Waals surface area contributed by atoms with Crippen molar-refractivity contribution in [3.05, 3.63) is 179 Å². The Balaban J connectivity index is 0.952. The van der Waals surface area contributed by atoms with Crippen LogP contribution in [0, 0.1) is 6.92 Å². The molecule has 5 heterocycles. The van der Waals surface area contributed by atoms with Crippen molar-refractivity contribution in [3.63, 3.8) is 0 Å². The number of H-pyrrole nitrogens is 1. The molecule has 0 spiro atoms. The Kier molecular flexibility index (Phi) is 6.77. The van der Waals surface area contributed by atoms with Gasteiger partial charge in [-0.3, -0.25) is 4.57 Å². The number of nitrogens with one attached hydrogen (secondary N) is 1. The van der Waals surface area contributed by atoms with Crippen LogP contribution in [0.1, 0.15) is 52.0 Å². The monoisotopic (exact) mass is 783 g/mol. The summed E-state index contributed by atoms with van der Waals surface area (Å²) in [5.41, 5.74) is 22.2. The van der Waals surface area contributed by atoms with Gasteiger partial charge in [0.2, 0.25) is 0 Å². The molecule has 1 N–H and O–H groups in total. The summed E-state index contributed by atoms with van der Waals surface area (Å²) >= 11 is 0. The number of rotatable bonds is 3. The van der Waals surface area contributed by atoms with Gasteiger partial charge in [0.25, 0.3) is 0 Å². The third-order valence-corrected chi connectivity index (χ3v) is 14.1. The molecule has 6 aromatic carbocycles. The van der Waals surface area contributed by atoms with Crippen molar-refractivity contribution < 1.29 is 0 Å². The molecule has 0 unspecified atom stereocenters. The Morgan fingerprint density at radius 2 is 1.21 bits per heavy atom. The fraction of sp³-hybridized carbons (Fsp3) is 0.125. The van der Waals surface area contributed by atoms with Crippen LogP contribution in [0.2, 0.25) is 0 Å². The fourth-order valence-corrected chi connectivity index (χ4v) is 11.4. The number of benzene rings is 6. The van der Waals surface area contributed by atoms with Crippen LogP contribution in [-0.2, 0) is 25.7 Å². The van der Waals surface area contributed by atoms with Crippen molar-refractivity contribution in [1.82, 2.24) is 23.7 Å². The van der Waals surface area contributed by atoms with Gasteiger partial charge >= 0.3 is 0 Å². The molecule has 3 aliphatic rings. The first-order valence-electron chi connectivity index (χ1n) is 21.8. The molecule has 5 nitrogen and oxygen atoms in total. The van der Waals surface area contributed by atoms with Crippen molar-refractivity contribution in [2.75, 3.05) is 0 Å². The molecule has 3 aliphatic carbocycles. The van der Waals surface area contributed by atoms with Crippen LogP contribution < -0.4 is 0 Å². The first-order valence-corrected chi connectivity index (χ1v) is 21.8. The van der Waals surface area contributed by atoms with Gasteiger partial charge < -0.3 is 14.1 Å². The molecule has 14 rings (SSSR count). The number of allylic oxidation sites excluding steroid dienone is 2. The van der Waals surface area contributed by atoms with Crippen LogP contribution in [0.4, 0.5) is 0 Å². The molecule has 0 saturated heterocycles. The molecule has 0 amide bonds. The predicted octanol–water partition coefficient (Wildman–Crippen LogP) is 13.7. The number of para-hydroxylation sites is 3. The van der Waals surface area contributed by atoms with E-state index in [9.17, 15) is 0 Å². The first-order chi connectivity index (χ1) is 30.1. The number of fused-ring (bicyclic) bond motifs is 15. The third kappa shape index (κ3) is 4.69. The molecule has 5 aromatic heterocycles. The van der Waals surface area contributed by atoms with E-state index in [0.717, 1.165) is 44.3 Å². The minimum atomic E-state index is 0.948. The first kappa shape index (κ1) is 33.5. The van der Waals surface area contributed by atoms with Crippen LogP contribution in [0.25, 0.3) is 106 Å². The highest BCUT2D eigenvalue weighted by Crippen LogP contribution is 2.45. The van der Waals surface area contributed by atoms with Crippen molar-refractivity contribution in [2.24, 2.45) is 0 Å². The minimum Gasteiger partial charge on any atom is -0.358 e. The van der Waals surface area contributed by atoms with E-state index in [0.29, 0.717) is 0 Å². The normalized spacial score (nSPS) is 14.6. The lowest BCUT2D eigenvalue weighted by Crippen LogP contribution is -2.08. The molecule has 0 aliphatic heterocycles. The van der Waals surface area contributed by atoms with Gasteiger partial charge in [-0.1, -0.05) is 66.7 Å². The zero-order valence-electron chi connectivity index (χ0n) is 34.0. The molecule has 0 radical (unpaired) electrons. The van der Waals surface area contributed by atoms with Crippen LogP contribution in [0.15, 0.2) is 140 Å². The predicted molar refractivity (Wildman–Crippen MR) is 254 cm³/mol. The summed E-state index contributed by atoms with van der Waals surface area (Å²) in [4.78, 5) is 8.90. The summed E-state index contributed by atoms with van der Waals surface area (Å²) in [7, 11) is 0. The summed E-state index contributed by atoms with van der Waals surface area (Å²) in [5, 5.41) is 7.77. The molecular formula is C56H41N5. The summed E-state index contributed by atoms with van der Waals surface area (Å²) in [6.45, 7) is 2.16. The smallest absolute Gasteiger partial charge is 0.137 e. The zero-order valence-corrected chi connectivity index (χ0v) is 34.0. The van der Waals surface area contributed by atoms with E-state index in [2.05, 4.69) is 171 Å². The lowest BCUT2D eigenvalue weighted by atomic mass is 9.83. The Hall–Kier alpha value is -7.37. The van der Waals surface area contributed by atoms with E-state index in [1.165, 1.54) is 127 Å². The molecule has 0 saturated carbocycles. The molecular weight excluding hydrogens is 743 g/mol. The standard InChI is InChI=1S/C56H41N5/c1-33-24-25-57-56(26-33)61-54-23-21-37(60-52-16-8-4-12-40(52)41-13-5-9-17-53(41)60)30-47(54)46-28-35-19-18-34-27-44-45-29-36(20-22-48(45)58-49(44)31-42(34)43(35)32-55(46)61)59-50-14-6-2-10-38(50)39-11-3-7-15-51(39)59/h2-6,8-14,16-17,21,23-32,58H,7,15,18-20,22H2,1H3. The molecule has 0 bridgehead atoms. The van der Waals surface area contributed by atoms with Crippen molar-refractivity contribution >= 4 is 83.3 Å². The SMILES string of the molecule is Cc1ccnc(-n2c3ccc(-n4c5ccccc5c5ccccc54)cc3c3cc4c(cc32)-c2cc3[nH]c5c(c3cc2CC4)C=C(n2c3c(c4ccccc42)C=CCC3)CC5)c1. The second-order valence-electron chi connectivity index (χ2n) is 17.5. The average molecular weight is 784 g/mol. The molecule has 11 aromatic rings. The fourth-order valence-electron chi connectivity index (χ4n) is 11.4. The third-order valence-electron chi connectivity index (χ3n) is 14.1. The maximum atomic E-state index is 4.98. The summed E-state index contributed by atoms with van der Waals surface area (Å²) in [6.07, 6.45) is 15.4. The Labute approximate surface area is 352 Å². The average Bonchev–Trinajstić information content (AvgIpc) is 4.03. The topological polar surface area (TPSA) is 43.5 Å². The van der Waals surface area contributed by atoms with E-state index in [-0.39, 0.29) is 0 Å². The van der Waals surface area contributed by atoms with Crippen LogP contribution in [0.3, 0.4) is 0 Å². The van der Waals surface area contributed by atoms with Crippen molar-refractivity contribution in [3.8, 4) is 22.6 Å². The van der Waals surface area contributed by atoms with Crippen LogP contribution in [-0.4, -0.2) is 23.7 Å². The summed E-state index contributed by atoms with van der Waals surface area (Å²) in [5.74, 6) is 0.948. The highest BCUT2D eigenvalue weighted by Gasteiger charge is 2.27. The minimum absolute atomic E-state index is 0.948. The van der Waals surface area contributed by atoms with Gasteiger partial charge in [0, 0.05) is 77.9 Å². The Bertz CT molecular complexity index is 3730. The van der Waals surface area contributed by atoms with E-state index in [1.54, 1.807) is 0 Å². The molecule has 5 heteroatoms. The molecule has 0 fully saturated rings. The number of aryl methyl sites for hydroxylation is 4. The largest absolute Gasteiger partial charge is 0.358 e. The molecule has 61 heavy (non-hydrogen) atoms. The van der Waals surface area contributed by atoms with E-state index >= 15 is 0 Å². The van der Waals surface area contributed by atoms with Crippen molar-refractivity contribution in [2.45, 2.75) is 45.4 Å². The van der Waals surface area contributed by atoms with Gasteiger partial charge in [0.05, 0.1) is 27.6 Å². The summed E-state index contributed by atoms with van der Waals surface area (Å²) < 4.78 is 7.40. The number of hydrogen-bond donors (Lipinski definition) is 1. The summed E-state index contributed by atoms with van der Waals surface area (Å²) in [6, 6.07) is 47.7. The van der Waals surface area contributed by atoms with Gasteiger partial charge in [-0.15, -0.1) is 0 Å². The molecule has 290 valence electrons. The second kappa shape index (κ2) is 12.3. The number of aromatic nitrogens is 5.